The number of halogens is 5. The summed E-state index contributed by atoms with van der Waals surface area (Å²) in [6.07, 6.45) is -4.26. The Hall–Kier alpha value is -3.27. The van der Waals surface area contributed by atoms with Crippen LogP contribution in [0.3, 0.4) is 0 Å². The van der Waals surface area contributed by atoms with E-state index in [1.165, 1.54) is 11.0 Å². The molecule has 0 spiro atoms. The number of urea groups is 1. The summed E-state index contributed by atoms with van der Waals surface area (Å²) in [7, 11) is 0. The quantitative estimate of drug-likeness (QED) is 0.281. The van der Waals surface area contributed by atoms with Crippen molar-refractivity contribution in [1.29, 1.82) is 0 Å². The second-order valence-electron chi connectivity index (χ2n) is 8.77. The van der Waals surface area contributed by atoms with Crippen LogP contribution in [0.4, 0.5) is 18.0 Å². The van der Waals surface area contributed by atoms with Gasteiger partial charge >= 0.3 is 12.2 Å². The summed E-state index contributed by atoms with van der Waals surface area (Å²) < 4.78 is 46.2. The number of aliphatic imine (C=N–C) groups is 1. The van der Waals surface area contributed by atoms with E-state index in [2.05, 4.69) is 5.32 Å². The monoisotopic (exact) mass is 579 g/mol. The number of hydrogen-bond donors (Lipinski definition) is 2. The van der Waals surface area contributed by atoms with Gasteiger partial charge in [0, 0.05) is 23.2 Å². The van der Waals surface area contributed by atoms with Crippen molar-refractivity contribution >= 4 is 35.1 Å². The topological polar surface area (TPSA) is 74.2 Å². The molecule has 2 atom stereocenters. The van der Waals surface area contributed by atoms with Gasteiger partial charge in [-0.1, -0.05) is 47.5 Å². The Kier molecular flexibility index (Phi) is 9.04. The average Bonchev–Trinajstić information content (AvgIpc) is 3.30. The fourth-order valence-electron chi connectivity index (χ4n) is 4.39. The van der Waals surface area contributed by atoms with E-state index < -0.39 is 29.9 Å². The molecule has 11 heteroatoms. The van der Waals surface area contributed by atoms with Gasteiger partial charge in [0.1, 0.15) is 17.6 Å². The Bertz CT molecular complexity index is 1330. The second kappa shape index (κ2) is 12.3. The van der Waals surface area contributed by atoms with Gasteiger partial charge in [0.15, 0.2) is 0 Å². The minimum Gasteiger partial charge on any atom is -0.493 e. The first-order valence-corrected chi connectivity index (χ1v) is 13.0. The summed E-state index contributed by atoms with van der Waals surface area (Å²) in [6, 6.07) is 15.2. The minimum absolute atomic E-state index is 0.0501. The highest BCUT2D eigenvalue weighted by Gasteiger charge is 2.43. The smallest absolute Gasteiger partial charge is 0.416 e. The highest BCUT2D eigenvalue weighted by molar-refractivity contribution is 6.30. The van der Waals surface area contributed by atoms with Crippen LogP contribution >= 0.6 is 23.2 Å². The summed E-state index contributed by atoms with van der Waals surface area (Å²) in [4.78, 5) is 20.0. The van der Waals surface area contributed by atoms with Crippen LogP contribution in [0.2, 0.25) is 10.0 Å². The molecule has 0 fully saturated rings. The molecule has 0 saturated heterocycles. The maximum Gasteiger partial charge on any atom is 0.416 e. The Morgan fingerprint density at radius 2 is 1.64 bits per heavy atom. The van der Waals surface area contributed by atoms with Crippen LogP contribution in [0.15, 0.2) is 71.7 Å². The lowest BCUT2D eigenvalue weighted by molar-refractivity contribution is -0.137. The third kappa shape index (κ3) is 6.49. The summed E-state index contributed by atoms with van der Waals surface area (Å²) >= 11 is 12.3. The lowest BCUT2D eigenvalue weighted by Gasteiger charge is -2.30. The molecule has 2 N–H and O–H groups in total. The number of rotatable bonds is 8. The minimum atomic E-state index is -4.58. The van der Waals surface area contributed by atoms with Crippen LogP contribution in [0.5, 0.6) is 5.75 Å². The first kappa shape index (κ1) is 28.7. The average molecular weight is 580 g/mol. The number of carbonyl (C=O) groups excluding carboxylic acids is 1. The third-order valence-electron chi connectivity index (χ3n) is 6.17. The molecule has 1 aliphatic heterocycles. The van der Waals surface area contributed by atoms with Gasteiger partial charge < -0.3 is 15.2 Å². The van der Waals surface area contributed by atoms with Crippen LogP contribution in [0.25, 0.3) is 0 Å². The van der Waals surface area contributed by atoms with Crippen molar-refractivity contribution in [1.82, 2.24) is 10.2 Å². The summed E-state index contributed by atoms with van der Waals surface area (Å²) in [5, 5.41) is 13.0. The van der Waals surface area contributed by atoms with Crippen LogP contribution in [0.1, 0.15) is 47.7 Å². The fraction of sp³-hybridized carbons (Fsp3) is 0.286. The zero-order valence-corrected chi connectivity index (χ0v) is 22.4. The molecule has 0 bridgehead atoms. The standard InChI is InChI=1S/C28H26Cl2F3N3O3/c1-2-39-23-16-19(28(31,32)33)8-13-22(23)26-35-24(17-4-9-20(29)10-5-17)25(18-6-11-21(30)12-7-18)36(26)27(38)34-14-3-15-37/h4-13,16,24-25,37H,2-3,14-15H2,1H3,(H,34,38). The molecule has 3 aromatic carbocycles. The number of ether oxygens (including phenoxy) is 1. The van der Waals surface area contributed by atoms with Crippen LogP contribution in [-0.2, 0) is 6.18 Å². The maximum absolute atomic E-state index is 13.7. The van der Waals surface area contributed by atoms with Gasteiger partial charge in [-0.15, -0.1) is 0 Å². The molecule has 0 aliphatic carbocycles. The van der Waals surface area contributed by atoms with E-state index >= 15 is 0 Å². The normalized spacial score (nSPS) is 17.2. The van der Waals surface area contributed by atoms with Gasteiger partial charge in [-0.05, 0) is 66.9 Å². The molecule has 0 saturated carbocycles. The lowest BCUT2D eigenvalue weighted by Crippen LogP contribution is -2.44. The zero-order valence-electron chi connectivity index (χ0n) is 20.9. The number of benzene rings is 3. The second-order valence-corrected chi connectivity index (χ2v) is 9.64. The molecule has 206 valence electrons. The van der Waals surface area contributed by atoms with Crippen molar-refractivity contribution in [3.8, 4) is 5.75 Å². The van der Waals surface area contributed by atoms with Crippen molar-refractivity contribution < 1.29 is 27.8 Å². The molecule has 2 amide bonds. The molecule has 0 aromatic heterocycles. The first-order chi connectivity index (χ1) is 18.6. The van der Waals surface area contributed by atoms with E-state index in [9.17, 15) is 23.1 Å². The summed E-state index contributed by atoms with van der Waals surface area (Å²) in [6.45, 7) is 1.82. The van der Waals surface area contributed by atoms with E-state index in [1.54, 1.807) is 55.5 Å². The Balaban J connectivity index is 1.91. The van der Waals surface area contributed by atoms with E-state index in [0.717, 1.165) is 17.7 Å². The van der Waals surface area contributed by atoms with Gasteiger partial charge in [-0.2, -0.15) is 13.2 Å². The fourth-order valence-corrected chi connectivity index (χ4v) is 4.64. The van der Waals surface area contributed by atoms with E-state index in [4.69, 9.17) is 32.9 Å². The number of aliphatic hydroxyl groups is 1. The third-order valence-corrected chi connectivity index (χ3v) is 6.67. The van der Waals surface area contributed by atoms with Crippen molar-refractivity contribution in [3.05, 3.63) is 99.0 Å². The number of aliphatic hydroxyl groups excluding tert-OH is 1. The Labute approximate surface area is 234 Å². The number of hydrogen-bond acceptors (Lipinski definition) is 4. The van der Waals surface area contributed by atoms with E-state index in [1.807, 2.05) is 0 Å². The number of nitrogens with one attached hydrogen (secondary N) is 1. The molecule has 6 nitrogen and oxygen atoms in total. The van der Waals surface area contributed by atoms with Crippen molar-refractivity contribution in [2.75, 3.05) is 19.8 Å². The molecule has 1 heterocycles. The van der Waals surface area contributed by atoms with Gasteiger partial charge in [-0.25, -0.2) is 4.79 Å². The van der Waals surface area contributed by atoms with E-state index in [0.29, 0.717) is 22.0 Å². The van der Waals surface area contributed by atoms with Crippen molar-refractivity contribution in [2.45, 2.75) is 31.6 Å². The number of amides is 2. The predicted molar refractivity (Wildman–Crippen MR) is 144 cm³/mol. The lowest BCUT2D eigenvalue weighted by atomic mass is 9.94. The van der Waals surface area contributed by atoms with Crippen molar-refractivity contribution in [3.63, 3.8) is 0 Å². The van der Waals surface area contributed by atoms with Gasteiger partial charge in [-0.3, -0.25) is 9.89 Å². The molecule has 3 aromatic rings. The molecule has 1 aliphatic rings. The Morgan fingerprint density at radius 1 is 1.03 bits per heavy atom. The largest absolute Gasteiger partial charge is 0.493 e. The number of alkyl halides is 3. The molecular formula is C28H26Cl2F3N3O3. The highest BCUT2D eigenvalue weighted by atomic mass is 35.5. The van der Waals surface area contributed by atoms with Gasteiger partial charge in [0.2, 0.25) is 0 Å². The SMILES string of the molecule is CCOc1cc(C(F)(F)F)ccc1C1=NC(c2ccc(Cl)cc2)C(c2ccc(Cl)cc2)N1C(=O)NCCCO. The molecular weight excluding hydrogens is 554 g/mol. The predicted octanol–water partition coefficient (Wildman–Crippen LogP) is 7.05. The van der Waals surface area contributed by atoms with Gasteiger partial charge in [0.25, 0.3) is 0 Å². The number of nitrogens with zero attached hydrogens (tertiary/aromatic N) is 2. The summed E-state index contributed by atoms with van der Waals surface area (Å²) in [5.41, 5.74) is 0.806. The molecule has 39 heavy (non-hydrogen) atoms. The number of carbonyl (C=O) groups is 1. The van der Waals surface area contributed by atoms with Crippen LogP contribution in [-0.4, -0.2) is 41.6 Å². The van der Waals surface area contributed by atoms with Crippen molar-refractivity contribution in [2.24, 2.45) is 4.99 Å². The number of amidine groups is 1. The first-order valence-electron chi connectivity index (χ1n) is 12.2. The Morgan fingerprint density at radius 3 is 2.21 bits per heavy atom. The molecule has 2 unspecified atom stereocenters. The highest BCUT2D eigenvalue weighted by Crippen LogP contribution is 2.45. The van der Waals surface area contributed by atoms with Crippen LogP contribution < -0.4 is 10.1 Å². The molecule has 0 radical (unpaired) electrons. The zero-order chi connectivity index (χ0) is 28.2. The maximum atomic E-state index is 13.7. The molecule has 4 rings (SSSR count). The van der Waals surface area contributed by atoms with E-state index in [-0.39, 0.29) is 36.9 Å². The van der Waals surface area contributed by atoms with Crippen LogP contribution in [0, 0.1) is 0 Å². The summed E-state index contributed by atoms with van der Waals surface area (Å²) in [5.74, 6) is 0.0967. The van der Waals surface area contributed by atoms with Gasteiger partial charge in [0.05, 0.1) is 23.8 Å².